The number of anilines is 1. The second kappa shape index (κ2) is 5.46. The zero-order valence-corrected chi connectivity index (χ0v) is 11.4. The molecule has 1 aromatic rings. The van der Waals surface area contributed by atoms with Gasteiger partial charge in [-0.1, -0.05) is 12.8 Å². The summed E-state index contributed by atoms with van der Waals surface area (Å²) in [6.07, 6.45) is 6.58. The molecular formula is C14H23N3O. The van der Waals surface area contributed by atoms with Gasteiger partial charge in [-0.15, -0.1) is 0 Å². The van der Waals surface area contributed by atoms with Crippen molar-refractivity contribution in [3.8, 4) is 0 Å². The molecule has 2 heterocycles. The summed E-state index contributed by atoms with van der Waals surface area (Å²) in [6, 6.07) is 2.14. The molecule has 0 radical (unpaired) electrons. The number of carbonyl (C=O) groups is 1. The van der Waals surface area contributed by atoms with Gasteiger partial charge in [0.25, 0.3) is 5.91 Å². The molecule has 1 fully saturated rings. The minimum absolute atomic E-state index is 0.0915. The van der Waals surface area contributed by atoms with Crippen molar-refractivity contribution in [3.05, 3.63) is 17.8 Å². The quantitative estimate of drug-likeness (QED) is 0.876. The molecule has 1 saturated heterocycles. The average molecular weight is 249 g/mol. The maximum Gasteiger partial charge on any atom is 0.257 e. The molecule has 1 aliphatic rings. The molecule has 2 N–H and O–H groups in total. The van der Waals surface area contributed by atoms with Gasteiger partial charge in [0.15, 0.2) is 0 Å². The molecule has 0 spiro atoms. The molecule has 4 nitrogen and oxygen atoms in total. The predicted molar refractivity (Wildman–Crippen MR) is 73.6 cm³/mol. The van der Waals surface area contributed by atoms with E-state index in [2.05, 4.69) is 13.8 Å². The molecule has 0 atom stereocenters. The second-order valence-corrected chi connectivity index (χ2v) is 5.32. The molecule has 0 saturated carbocycles. The van der Waals surface area contributed by atoms with Crippen molar-refractivity contribution in [2.45, 2.75) is 45.6 Å². The third-order valence-corrected chi connectivity index (χ3v) is 3.64. The first-order chi connectivity index (χ1) is 8.61. The van der Waals surface area contributed by atoms with E-state index in [-0.39, 0.29) is 11.9 Å². The van der Waals surface area contributed by atoms with Gasteiger partial charge >= 0.3 is 0 Å². The topological polar surface area (TPSA) is 51.3 Å². The average Bonchev–Trinajstić information content (AvgIpc) is 2.56. The first-order valence-corrected chi connectivity index (χ1v) is 6.87. The van der Waals surface area contributed by atoms with Crippen LogP contribution in [0, 0.1) is 0 Å². The smallest absolute Gasteiger partial charge is 0.257 e. The third-order valence-electron chi connectivity index (χ3n) is 3.64. The Hall–Kier alpha value is -1.45. The van der Waals surface area contributed by atoms with Crippen LogP contribution in [0.3, 0.4) is 0 Å². The van der Waals surface area contributed by atoms with Gasteiger partial charge in [-0.2, -0.15) is 0 Å². The van der Waals surface area contributed by atoms with Crippen molar-refractivity contribution in [1.82, 2.24) is 9.47 Å². The Bertz CT molecular complexity index is 415. The summed E-state index contributed by atoms with van der Waals surface area (Å²) in [7, 11) is 0. The fraction of sp³-hybridized carbons (Fsp3) is 0.643. The lowest BCUT2D eigenvalue weighted by Gasteiger charge is -2.20. The van der Waals surface area contributed by atoms with Crippen molar-refractivity contribution in [1.29, 1.82) is 0 Å². The van der Waals surface area contributed by atoms with E-state index in [0.29, 0.717) is 11.4 Å². The van der Waals surface area contributed by atoms with Gasteiger partial charge < -0.3 is 15.2 Å². The standard InChI is InChI=1S/C14H23N3O/c1-11(2)17-10-7-12(13(17)15)14(18)16-8-5-3-4-6-9-16/h7,10-11H,3-6,8-9,15H2,1-2H3. The van der Waals surface area contributed by atoms with Crippen LogP contribution in [0.1, 0.15) is 55.9 Å². The molecule has 18 heavy (non-hydrogen) atoms. The molecule has 0 aliphatic carbocycles. The van der Waals surface area contributed by atoms with Gasteiger partial charge in [-0.05, 0) is 32.8 Å². The number of amides is 1. The van der Waals surface area contributed by atoms with Crippen LogP contribution in [0.25, 0.3) is 0 Å². The largest absolute Gasteiger partial charge is 0.384 e. The minimum atomic E-state index is 0.0915. The van der Waals surface area contributed by atoms with Crippen LogP contribution < -0.4 is 5.73 Å². The van der Waals surface area contributed by atoms with Crippen LogP contribution in [0.15, 0.2) is 12.3 Å². The summed E-state index contributed by atoms with van der Waals surface area (Å²) in [5, 5.41) is 0. The number of likely N-dealkylation sites (tertiary alicyclic amines) is 1. The molecule has 4 heteroatoms. The van der Waals surface area contributed by atoms with E-state index >= 15 is 0 Å². The van der Waals surface area contributed by atoms with Crippen molar-refractivity contribution in [2.24, 2.45) is 0 Å². The summed E-state index contributed by atoms with van der Waals surface area (Å²) in [5.74, 6) is 0.688. The zero-order valence-electron chi connectivity index (χ0n) is 11.4. The minimum Gasteiger partial charge on any atom is -0.384 e. The van der Waals surface area contributed by atoms with Gasteiger partial charge in [0.2, 0.25) is 0 Å². The summed E-state index contributed by atoms with van der Waals surface area (Å²) >= 11 is 0. The highest BCUT2D eigenvalue weighted by atomic mass is 16.2. The third kappa shape index (κ3) is 2.52. The van der Waals surface area contributed by atoms with E-state index in [1.165, 1.54) is 12.8 Å². The van der Waals surface area contributed by atoms with Gasteiger partial charge in [0.05, 0.1) is 5.56 Å². The molecule has 0 unspecified atom stereocenters. The monoisotopic (exact) mass is 249 g/mol. The Morgan fingerprint density at radius 2 is 1.83 bits per heavy atom. The molecule has 0 bridgehead atoms. The van der Waals surface area contributed by atoms with Crippen molar-refractivity contribution in [3.63, 3.8) is 0 Å². The van der Waals surface area contributed by atoms with Crippen LogP contribution in [0.5, 0.6) is 0 Å². The zero-order chi connectivity index (χ0) is 13.1. The first-order valence-electron chi connectivity index (χ1n) is 6.87. The van der Waals surface area contributed by atoms with Crippen molar-refractivity contribution in [2.75, 3.05) is 18.8 Å². The van der Waals surface area contributed by atoms with Crippen LogP contribution >= 0.6 is 0 Å². The SMILES string of the molecule is CC(C)n1ccc(C(=O)N2CCCCCC2)c1N. The highest BCUT2D eigenvalue weighted by Gasteiger charge is 2.21. The predicted octanol–water partition coefficient (Wildman–Crippen LogP) is 2.67. The molecule has 2 rings (SSSR count). The maximum absolute atomic E-state index is 12.4. The fourth-order valence-electron chi connectivity index (χ4n) is 2.53. The summed E-state index contributed by atoms with van der Waals surface area (Å²) in [4.78, 5) is 14.4. The number of nitrogen functional groups attached to an aromatic ring is 1. The number of hydrogen-bond donors (Lipinski definition) is 1. The lowest BCUT2D eigenvalue weighted by atomic mass is 10.2. The molecule has 100 valence electrons. The Morgan fingerprint density at radius 1 is 1.22 bits per heavy atom. The van der Waals surface area contributed by atoms with Gasteiger partial charge in [0.1, 0.15) is 5.82 Å². The van der Waals surface area contributed by atoms with Crippen molar-refractivity contribution >= 4 is 11.7 Å². The van der Waals surface area contributed by atoms with Crippen molar-refractivity contribution < 1.29 is 4.79 Å². The number of nitrogens with two attached hydrogens (primary N) is 1. The number of rotatable bonds is 2. The molecule has 1 aromatic heterocycles. The Kier molecular flexibility index (Phi) is 3.94. The van der Waals surface area contributed by atoms with E-state index in [0.717, 1.165) is 25.9 Å². The summed E-state index contributed by atoms with van der Waals surface area (Å²) in [6.45, 7) is 5.86. The Morgan fingerprint density at radius 3 is 2.33 bits per heavy atom. The number of aromatic nitrogens is 1. The Balaban J connectivity index is 2.17. The lowest BCUT2D eigenvalue weighted by molar-refractivity contribution is 0.0763. The maximum atomic E-state index is 12.4. The first kappa shape index (κ1) is 13.0. The number of nitrogens with zero attached hydrogens (tertiary/aromatic N) is 2. The van der Waals surface area contributed by atoms with Crippen LogP contribution in [0.2, 0.25) is 0 Å². The van der Waals surface area contributed by atoms with E-state index in [9.17, 15) is 4.79 Å². The van der Waals surface area contributed by atoms with Crippen LogP contribution in [-0.2, 0) is 0 Å². The number of hydrogen-bond acceptors (Lipinski definition) is 2. The normalized spacial score (nSPS) is 16.9. The van der Waals surface area contributed by atoms with E-state index < -0.39 is 0 Å². The van der Waals surface area contributed by atoms with Crippen LogP contribution in [-0.4, -0.2) is 28.5 Å². The highest BCUT2D eigenvalue weighted by molar-refractivity contribution is 5.98. The highest BCUT2D eigenvalue weighted by Crippen LogP contribution is 2.21. The fourth-order valence-corrected chi connectivity index (χ4v) is 2.53. The summed E-state index contributed by atoms with van der Waals surface area (Å²) < 4.78 is 1.95. The molecular weight excluding hydrogens is 226 g/mol. The molecule has 1 aliphatic heterocycles. The van der Waals surface area contributed by atoms with E-state index in [1.807, 2.05) is 21.7 Å². The lowest BCUT2D eigenvalue weighted by Crippen LogP contribution is -2.32. The number of carbonyl (C=O) groups excluding carboxylic acids is 1. The molecule has 1 amide bonds. The molecule has 0 aromatic carbocycles. The van der Waals surface area contributed by atoms with E-state index in [1.54, 1.807) is 0 Å². The Labute approximate surface area is 109 Å². The van der Waals surface area contributed by atoms with Gasteiger partial charge in [0, 0.05) is 25.3 Å². The summed E-state index contributed by atoms with van der Waals surface area (Å²) in [5.41, 5.74) is 6.72. The van der Waals surface area contributed by atoms with Crippen LogP contribution in [0.4, 0.5) is 5.82 Å². The van der Waals surface area contributed by atoms with Gasteiger partial charge in [-0.3, -0.25) is 4.79 Å². The van der Waals surface area contributed by atoms with Gasteiger partial charge in [-0.25, -0.2) is 0 Å². The second-order valence-electron chi connectivity index (χ2n) is 5.32. The van der Waals surface area contributed by atoms with E-state index in [4.69, 9.17) is 5.73 Å².